The number of benzene rings is 2. The quantitative estimate of drug-likeness (QED) is 0.173. The first-order chi connectivity index (χ1) is 24.5. The van der Waals surface area contributed by atoms with E-state index in [9.17, 15) is 10.2 Å². The van der Waals surface area contributed by atoms with Gasteiger partial charge in [-0.25, -0.2) is 4.39 Å². The number of hydrogen-bond acceptors (Lipinski definition) is 7. The number of anilines is 1. The van der Waals surface area contributed by atoms with Crippen molar-refractivity contribution in [3.8, 4) is 11.8 Å². The lowest BCUT2D eigenvalue weighted by Gasteiger charge is -2.38. The molecule has 0 radical (unpaired) electrons. The third kappa shape index (κ3) is 7.18. The summed E-state index contributed by atoms with van der Waals surface area (Å²) in [6.45, 7) is 16.8. The van der Waals surface area contributed by atoms with Crippen LogP contribution in [-0.2, 0) is 0 Å². The summed E-state index contributed by atoms with van der Waals surface area (Å²) in [5.41, 5.74) is 6.35. The number of hydrogen-bond donors (Lipinski definition) is 2. The van der Waals surface area contributed by atoms with Crippen molar-refractivity contribution in [1.82, 2.24) is 9.97 Å². The normalized spacial score (nSPS) is 21.9. The lowest BCUT2D eigenvalue weighted by Crippen LogP contribution is -2.40. The number of fused-ring (bicyclic) bond motifs is 3. The third-order valence-electron chi connectivity index (χ3n) is 11.4. The number of β-amino-alcohol motifs (C(OH)–C–C–N with tert-alkyl or cyclic N) is 1. The molecule has 1 fully saturated rings. The number of aliphatic hydroxyl groups is 1. The molecule has 2 aliphatic carbocycles. The zero-order chi connectivity index (χ0) is 36.4. The fourth-order valence-electron chi connectivity index (χ4n) is 8.36. The molecule has 2 aromatic carbocycles. The van der Waals surface area contributed by atoms with Crippen molar-refractivity contribution in [3.63, 3.8) is 0 Å². The van der Waals surface area contributed by atoms with Crippen LogP contribution in [0.25, 0.3) is 27.5 Å². The summed E-state index contributed by atoms with van der Waals surface area (Å²) in [7, 11) is 0. The van der Waals surface area contributed by atoms with Crippen LogP contribution in [0.3, 0.4) is 0 Å². The molecule has 51 heavy (non-hydrogen) atoms. The Morgan fingerprint density at radius 2 is 1.88 bits per heavy atom. The van der Waals surface area contributed by atoms with Gasteiger partial charge >= 0.3 is 6.01 Å². The van der Waals surface area contributed by atoms with Crippen LogP contribution >= 0.6 is 0 Å². The van der Waals surface area contributed by atoms with E-state index in [0.717, 1.165) is 108 Å². The maximum absolute atomic E-state index is 16.1. The van der Waals surface area contributed by atoms with Crippen molar-refractivity contribution in [1.29, 1.82) is 0 Å². The number of unbranched alkanes of at least 4 members (excludes halogenated alkanes) is 3. The molecule has 3 aliphatic rings. The van der Waals surface area contributed by atoms with Crippen LogP contribution in [0.5, 0.6) is 11.8 Å². The van der Waals surface area contributed by atoms with Crippen molar-refractivity contribution in [2.75, 3.05) is 24.6 Å². The van der Waals surface area contributed by atoms with Crippen LogP contribution in [0.2, 0.25) is 0 Å². The zero-order valence-corrected chi connectivity index (χ0v) is 31.8. The predicted molar refractivity (Wildman–Crippen MR) is 208 cm³/mol. The minimum absolute atomic E-state index is 0.0135. The third-order valence-corrected chi connectivity index (χ3v) is 11.4. The Morgan fingerprint density at radius 1 is 1.12 bits per heavy atom. The monoisotopic (exact) mass is 696 g/mol. The first-order valence-corrected chi connectivity index (χ1v) is 19.5. The highest BCUT2D eigenvalue weighted by molar-refractivity contribution is 6.52. The number of halogens is 1. The Labute approximate surface area is 303 Å². The molecule has 0 saturated carbocycles. The number of piperidine rings is 1. The van der Waals surface area contributed by atoms with Gasteiger partial charge in [-0.3, -0.25) is 4.99 Å². The zero-order valence-electron chi connectivity index (χ0n) is 31.8. The molecule has 8 heteroatoms. The second kappa shape index (κ2) is 15.4. The molecular weight excluding hydrogens is 639 g/mol. The van der Waals surface area contributed by atoms with E-state index < -0.39 is 6.10 Å². The van der Waals surface area contributed by atoms with Crippen molar-refractivity contribution in [2.24, 2.45) is 10.4 Å². The number of aromatic hydroxyl groups is 1. The standard InChI is InChI=1S/C43H57FN4O3/c1-8-12-14-20-43(7,19-13-9-2)25-51-42-46-40-35-27(6)34-33(44)18-17-28-22-30(50)23-32(36(28)34)37(35)39(45-26(5)10-3)31(11-4)38(40)41(47-42)48-21-15-16-29(49)24-48/h11,17-18,22-23,26-27,29,49-50H,8-10,12-16,19-21,24-25H2,1-7H3/b31-11-,45-39?. The Kier molecular flexibility index (Phi) is 11.2. The van der Waals surface area contributed by atoms with Gasteiger partial charge in [0, 0.05) is 47.2 Å². The summed E-state index contributed by atoms with van der Waals surface area (Å²) >= 11 is 0. The molecule has 1 aromatic heterocycles. The van der Waals surface area contributed by atoms with Crippen LogP contribution in [0.15, 0.2) is 35.3 Å². The summed E-state index contributed by atoms with van der Waals surface area (Å²) in [6.07, 6.45) is 12.0. The highest BCUT2D eigenvalue weighted by atomic mass is 19.1. The number of aromatic nitrogens is 2. The average molecular weight is 697 g/mol. The number of nitrogens with zero attached hydrogens (tertiary/aromatic N) is 4. The number of phenols is 1. The highest BCUT2D eigenvalue weighted by Crippen LogP contribution is 2.55. The van der Waals surface area contributed by atoms with Gasteiger partial charge in [0.1, 0.15) is 17.4 Å². The molecule has 4 unspecified atom stereocenters. The van der Waals surface area contributed by atoms with Crippen LogP contribution < -0.4 is 9.64 Å². The number of phenolic OH excluding ortho intramolecular Hbond substituents is 1. The van der Waals surface area contributed by atoms with Crippen LogP contribution in [0, 0.1) is 11.2 Å². The average Bonchev–Trinajstić information content (AvgIpc) is 3.11. The van der Waals surface area contributed by atoms with Gasteiger partial charge in [0.05, 0.1) is 29.7 Å². The maximum Gasteiger partial charge on any atom is 0.318 e. The Morgan fingerprint density at radius 3 is 2.59 bits per heavy atom. The molecule has 274 valence electrons. The summed E-state index contributed by atoms with van der Waals surface area (Å²) in [6, 6.07) is 7.04. The predicted octanol–water partition coefficient (Wildman–Crippen LogP) is 10.3. The smallest absolute Gasteiger partial charge is 0.318 e. The fraction of sp³-hybridized carbons (Fsp3) is 0.558. The number of aliphatic hydroxyl groups excluding tert-OH is 1. The maximum atomic E-state index is 16.1. The van der Waals surface area contributed by atoms with Crippen molar-refractivity contribution in [3.05, 3.63) is 58.5 Å². The molecule has 0 amide bonds. The molecule has 2 heterocycles. The molecule has 6 rings (SSSR count). The van der Waals surface area contributed by atoms with E-state index in [1.54, 1.807) is 18.2 Å². The van der Waals surface area contributed by atoms with E-state index in [4.69, 9.17) is 19.7 Å². The van der Waals surface area contributed by atoms with Gasteiger partial charge in [-0.05, 0) is 86.1 Å². The summed E-state index contributed by atoms with van der Waals surface area (Å²) in [4.78, 5) is 18.0. The van der Waals surface area contributed by atoms with Gasteiger partial charge in [-0.2, -0.15) is 9.97 Å². The van der Waals surface area contributed by atoms with E-state index in [-0.39, 0.29) is 28.9 Å². The molecule has 7 nitrogen and oxygen atoms in total. The van der Waals surface area contributed by atoms with Gasteiger partial charge in [0.2, 0.25) is 0 Å². The Bertz CT molecular complexity index is 1870. The number of aliphatic imine (C=N–C) groups is 1. The second-order valence-electron chi connectivity index (χ2n) is 15.5. The molecular formula is C43H57FN4O3. The summed E-state index contributed by atoms with van der Waals surface area (Å²) in [5.74, 6) is 0.192. The molecule has 2 N–H and O–H groups in total. The lowest BCUT2D eigenvalue weighted by atomic mass is 9.69. The van der Waals surface area contributed by atoms with E-state index in [0.29, 0.717) is 30.4 Å². The molecule has 1 saturated heterocycles. The number of rotatable bonds is 13. The Hall–Kier alpha value is -3.78. The summed E-state index contributed by atoms with van der Waals surface area (Å²) < 4.78 is 22.8. The minimum Gasteiger partial charge on any atom is -0.508 e. The van der Waals surface area contributed by atoms with E-state index in [1.807, 2.05) is 6.92 Å². The van der Waals surface area contributed by atoms with Gasteiger partial charge in [0.25, 0.3) is 0 Å². The fourth-order valence-corrected chi connectivity index (χ4v) is 8.36. The molecule has 4 atom stereocenters. The summed E-state index contributed by atoms with van der Waals surface area (Å²) in [5, 5.41) is 23.5. The number of ether oxygens (including phenoxy) is 1. The van der Waals surface area contributed by atoms with Crippen molar-refractivity contribution < 1.29 is 19.3 Å². The molecule has 3 aromatic rings. The van der Waals surface area contributed by atoms with Gasteiger partial charge in [-0.1, -0.05) is 78.9 Å². The van der Waals surface area contributed by atoms with Crippen LogP contribution in [0.4, 0.5) is 10.2 Å². The lowest BCUT2D eigenvalue weighted by molar-refractivity contribution is 0.125. The van der Waals surface area contributed by atoms with Gasteiger partial charge in [-0.15, -0.1) is 0 Å². The molecule has 1 aliphatic heterocycles. The largest absolute Gasteiger partial charge is 0.508 e. The second-order valence-corrected chi connectivity index (χ2v) is 15.5. The van der Waals surface area contributed by atoms with Gasteiger partial charge < -0.3 is 19.8 Å². The van der Waals surface area contributed by atoms with E-state index >= 15 is 4.39 Å². The minimum atomic E-state index is -0.472. The van der Waals surface area contributed by atoms with E-state index in [1.165, 1.54) is 18.9 Å². The molecule has 0 spiro atoms. The van der Waals surface area contributed by atoms with E-state index in [2.05, 4.69) is 52.5 Å². The SMILES string of the molecule is C/C=C1\C(=NC(C)CC)C2=C(c3nc(OCC(C)(CCCC)CCCCC)nc(N4CCCC(O)C4)c31)C(C)c1c(F)ccc3cc(O)cc2c13. The highest BCUT2D eigenvalue weighted by Gasteiger charge is 2.42. The number of allylic oxidation sites excluding steroid dienone is 4. The molecule has 0 bridgehead atoms. The van der Waals surface area contributed by atoms with Crippen molar-refractivity contribution in [2.45, 2.75) is 131 Å². The first-order valence-electron chi connectivity index (χ1n) is 19.5. The van der Waals surface area contributed by atoms with Gasteiger partial charge in [0.15, 0.2) is 0 Å². The Balaban J connectivity index is 1.62. The first kappa shape index (κ1) is 37.0. The van der Waals surface area contributed by atoms with Crippen LogP contribution in [-0.4, -0.2) is 57.7 Å². The topological polar surface area (TPSA) is 91.1 Å². The van der Waals surface area contributed by atoms with Crippen LogP contribution in [0.1, 0.15) is 141 Å². The van der Waals surface area contributed by atoms with Crippen molar-refractivity contribution >= 4 is 39.0 Å².